The molecule has 3 fully saturated rings. The van der Waals surface area contributed by atoms with E-state index in [0.29, 0.717) is 44.9 Å². The third-order valence-corrected chi connectivity index (χ3v) is 10.8. The first-order chi connectivity index (χ1) is 20.4. The maximum Gasteiger partial charge on any atom is 0.322 e. The smallest absolute Gasteiger partial charge is 0.322 e. The van der Waals surface area contributed by atoms with Crippen LogP contribution in [-0.4, -0.2) is 70.0 Å². The van der Waals surface area contributed by atoms with Gasteiger partial charge in [0.15, 0.2) is 0 Å². The van der Waals surface area contributed by atoms with Gasteiger partial charge in [0, 0.05) is 44.3 Å². The minimum atomic E-state index is -0.783. The second-order valence-corrected chi connectivity index (χ2v) is 13.2. The number of para-hydroxylation sites is 1. The van der Waals surface area contributed by atoms with E-state index in [1.165, 1.54) is 36.4 Å². The van der Waals surface area contributed by atoms with Crippen molar-refractivity contribution >= 4 is 35.3 Å². The highest BCUT2D eigenvalue weighted by molar-refractivity contribution is 8.01. The first-order valence-electron chi connectivity index (χ1n) is 15.2. The molecule has 2 saturated heterocycles. The predicted molar refractivity (Wildman–Crippen MR) is 159 cm³/mol. The van der Waals surface area contributed by atoms with Gasteiger partial charge in [-0.3, -0.25) is 9.59 Å². The van der Waals surface area contributed by atoms with Gasteiger partial charge in [0.05, 0.1) is 10.8 Å². The largest absolute Gasteiger partial charge is 0.342 e. The Balaban J connectivity index is 1.09. The molecule has 2 aromatic carbocycles. The Bertz CT molecular complexity index is 1310. The summed E-state index contributed by atoms with van der Waals surface area (Å²) in [6.07, 6.45) is 7.48. The lowest BCUT2D eigenvalue weighted by Crippen LogP contribution is -2.50. The maximum atomic E-state index is 14.9. The number of nitrogens with zero attached hydrogens (tertiary/aromatic N) is 3. The van der Waals surface area contributed by atoms with Crippen molar-refractivity contribution in [3.63, 3.8) is 0 Å². The number of thioether (sulfide) groups is 1. The second-order valence-electron chi connectivity index (χ2n) is 12.0. The summed E-state index contributed by atoms with van der Waals surface area (Å²) in [7, 11) is 0. The van der Waals surface area contributed by atoms with Gasteiger partial charge < -0.3 is 20.0 Å². The van der Waals surface area contributed by atoms with Gasteiger partial charge in [0.1, 0.15) is 17.0 Å². The molecule has 2 unspecified atom stereocenters. The lowest BCUT2D eigenvalue weighted by molar-refractivity contribution is -0.137. The van der Waals surface area contributed by atoms with E-state index in [9.17, 15) is 23.2 Å². The summed E-state index contributed by atoms with van der Waals surface area (Å²) in [5.41, 5.74) is 1.87. The molecule has 0 spiro atoms. The molecule has 1 aliphatic carbocycles. The monoisotopic (exact) mass is 596 g/mol. The highest BCUT2D eigenvalue weighted by Crippen LogP contribution is 2.47. The Hall–Kier alpha value is -3.14. The number of fused-ring (bicyclic) bond motifs is 1. The normalized spacial score (nSPS) is 24.0. The molecule has 1 N–H and O–H groups in total. The second kappa shape index (κ2) is 12.6. The summed E-state index contributed by atoms with van der Waals surface area (Å²) >= 11 is 1.20. The van der Waals surface area contributed by atoms with E-state index in [-0.39, 0.29) is 35.9 Å². The molecule has 3 heterocycles. The zero-order valence-electron chi connectivity index (χ0n) is 23.8. The number of carbonyl (C=O) groups is 3. The number of hydrogen-bond acceptors (Lipinski definition) is 4. The lowest BCUT2D eigenvalue weighted by atomic mass is 9.88. The molecule has 7 nitrogen and oxygen atoms in total. The van der Waals surface area contributed by atoms with E-state index in [0.717, 1.165) is 43.4 Å². The van der Waals surface area contributed by atoms with E-state index in [4.69, 9.17) is 0 Å². The molecular weight excluding hydrogens is 558 g/mol. The van der Waals surface area contributed by atoms with Gasteiger partial charge in [0.25, 0.3) is 0 Å². The first kappa shape index (κ1) is 29.0. The SMILES string of the molecule is O=C(CC1SC(c2c(F)cccc2F)N(CC2CCCCC2)C1=O)N1CCC(N2CCc3ccccc3NC2=O)CC1. The Labute approximate surface area is 250 Å². The first-order valence-corrected chi connectivity index (χ1v) is 16.2. The van der Waals surface area contributed by atoms with Crippen molar-refractivity contribution in [3.8, 4) is 0 Å². The van der Waals surface area contributed by atoms with Crippen LogP contribution in [0.5, 0.6) is 0 Å². The third kappa shape index (κ3) is 6.00. The highest BCUT2D eigenvalue weighted by Gasteiger charge is 2.45. The molecule has 2 aromatic rings. The quantitative estimate of drug-likeness (QED) is 0.447. The summed E-state index contributed by atoms with van der Waals surface area (Å²) in [6.45, 7) is 2.09. The Kier molecular flexibility index (Phi) is 8.70. The number of halogens is 2. The van der Waals surface area contributed by atoms with Crippen molar-refractivity contribution in [2.45, 2.75) is 74.5 Å². The van der Waals surface area contributed by atoms with Gasteiger partial charge in [-0.15, -0.1) is 11.8 Å². The van der Waals surface area contributed by atoms with E-state index < -0.39 is 22.3 Å². The van der Waals surface area contributed by atoms with Gasteiger partial charge in [-0.1, -0.05) is 43.5 Å². The molecule has 0 bridgehead atoms. The fourth-order valence-electron chi connectivity index (χ4n) is 6.98. The van der Waals surface area contributed by atoms with Crippen LogP contribution >= 0.6 is 11.8 Å². The molecule has 0 radical (unpaired) electrons. The number of nitrogens with one attached hydrogen (secondary N) is 1. The number of likely N-dealkylation sites (tertiary alicyclic amines) is 1. The fourth-order valence-corrected chi connectivity index (χ4v) is 8.48. The Morgan fingerprint density at radius 1 is 0.905 bits per heavy atom. The molecule has 10 heteroatoms. The standard InChI is InChI=1S/C32H38F2N4O3S/c33-24-10-6-11-25(34)29(24)31-38(20-21-7-2-1-3-8-21)30(40)27(42-31)19-28(39)36-16-14-23(15-17-36)37-18-13-22-9-4-5-12-26(22)35-32(37)41/h4-6,9-12,21,23,27,31H,1-3,7-8,13-20H2,(H,35,41). The number of piperidine rings is 1. The molecule has 42 heavy (non-hydrogen) atoms. The van der Waals surface area contributed by atoms with E-state index >= 15 is 0 Å². The number of carbonyl (C=O) groups excluding carboxylic acids is 3. The van der Waals surface area contributed by atoms with Crippen LogP contribution in [0.15, 0.2) is 42.5 Å². The van der Waals surface area contributed by atoms with Gasteiger partial charge in [-0.2, -0.15) is 0 Å². The van der Waals surface area contributed by atoms with Crippen LogP contribution < -0.4 is 5.32 Å². The summed E-state index contributed by atoms with van der Waals surface area (Å²) in [5, 5.41) is 1.56. The average molecular weight is 597 g/mol. The van der Waals surface area contributed by atoms with Crippen molar-refractivity contribution in [2.24, 2.45) is 5.92 Å². The molecule has 4 aliphatic rings. The number of benzene rings is 2. The van der Waals surface area contributed by atoms with Gasteiger partial charge >= 0.3 is 6.03 Å². The Morgan fingerprint density at radius 3 is 2.36 bits per heavy atom. The minimum Gasteiger partial charge on any atom is -0.342 e. The molecule has 4 amide bonds. The maximum absolute atomic E-state index is 14.9. The fraction of sp³-hybridized carbons (Fsp3) is 0.531. The zero-order valence-corrected chi connectivity index (χ0v) is 24.6. The lowest BCUT2D eigenvalue weighted by Gasteiger charge is -2.38. The summed E-state index contributed by atoms with van der Waals surface area (Å²) in [5.74, 6) is -1.35. The van der Waals surface area contributed by atoms with Gasteiger partial charge in [-0.25, -0.2) is 13.6 Å². The predicted octanol–water partition coefficient (Wildman–Crippen LogP) is 5.96. The van der Waals surface area contributed by atoms with Crippen molar-refractivity contribution < 1.29 is 23.2 Å². The van der Waals surface area contributed by atoms with Crippen LogP contribution in [0.2, 0.25) is 0 Å². The number of rotatable bonds is 6. The van der Waals surface area contributed by atoms with Crippen LogP contribution in [0.4, 0.5) is 19.3 Å². The van der Waals surface area contributed by atoms with Crippen LogP contribution in [0.1, 0.15) is 67.9 Å². The van der Waals surface area contributed by atoms with Crippen molar-refractivity contribution in [3.05, 3.63) is 65.2 Å². The van der Waals surface area contributed by atoms with E-state index in [2.05, 4.69) is 5.32 Å². The van der Waals surface area contributed by atoms with E-state index in [1.54, 1.807) is 9.80 Å². The number of anilines is 1. The molecular formula is C32H38F2N4O3S. The van der Waals surface area contributed by atoms with Crippen LogP contribution in [-0.2, 0) is 16.0 Å². The van der Waals surface area contributed by atoms with Gasteiger partial charge in [-0.05, 0) is 61.8 Å². The van der Waals surface area contributed by atoms with Gasteiger partial charge in [0.2, 0.25) is 11.8 Å². The summed E-state index contributed by atoms with van der Waals surface area (Å²) < 4.78 is 29.8. The molecule has 2 atom stereocenters. The number of hydrogen-bond donors (Lipinski definition) is 1. The summed E-state index contributed by atoms with van der Waals surface area (Å²) in [6, 6.07) is 11.6. The average Bonchev–Trinajstić information content (AvgIpc) is 3.17. The van der Waals surface area contributed by atoms with Crippen LogP contribution in [0.3, 0.4) is 0 Å². The molecule has 0 aromatic heterocycles. The third-order valence-electron chi connectivity index (χ3n) is 9.32. The number of amides is 4. The number of urea groups is 1. The molecule has 1 saturated carbocycles. The van der Waals surface area contributed by atoms with Crippen molar-refractivity contribution in [2.75, 3.05) is 31.5 Å². The summed E-state index contributed by atoms with van der Waals surface area (Å²) in [4.78, 5) is 45.3. The molecule has 224 valence electrons. The molecule has 6 rings (SSSR count). The van der Waals surface area contributed by atoms with E-state index in [1.807, 2.05) is 29.2 Å². The Morgan fingerprint density at radius 2 is 1.62 bits per heavy atom. The topological polar surface area (TPSA) is 73.0 Å². The minimum absolute atomic E-state index is 0.00140. The molecule has 3 aliphatic heterocycles. The van der Waals surface area contributed by atoms with Crippen molar-refractivity contribution in [1.29, 1.82) is 0 Å². The highest BCUT2D eigenvalue weighted by atomic mass is 32.2. The van der Waals surface area contributed by atoms with Crippen LogP contribution in [0, 0.1) is 17.6 Å². The zero-order chi connectivity index (χ0) is 29.2. The van der Waals surface area contributed by atoms with Crippen molar-refractivity contribution in [1.82, 2.24) is 14.7 Å². The van der Waals surface area contributed by atoms with Crippen LogP contribution in [0.25, 0.3) is 0 Å².